The van der Waals surface area contributed by atoms with Crippen molar-refractivity contribution in [1.29, 1.82) is 0 Å². The quantitative estimate of drug-likeness (QED) is 0.238. The third-order valence-corrected chi connectivity index (χ3v) is 5.51. The van der Waals surface area contributed by atoms with Crippen LogP contribution in [0.5, 0.6) is 0 Å². The van der Waals surface area contributed by atoms with Crippen LogP contribution in [0.1, 0.15) is 103 Å². The SMILES string of the molecule is CCCCCCCCCCCCCCC(C(=O)O)[N+]1([O-])CCCC1. The van der Waals surface area contributed by atoms with Gasteiger partial charge in [-0.25, -0.2) is 4.79 Å². The number of unbranched alkanes of at least 4 members (excludes halogenated alkanes) is 11. The number of hydrogen-bond donors (Lipinski definition) is 1. The molecule has 0 bridgehead atoms. The zero-order chi connectivity index (χ0) is 17.7. The Hall–Kier alpha value is -0.610. The van der Waals surface area contributed by atoms with Crippen molar-refractivity contribution in [3.63, 3.8) is 0 Å². The van der Waals surface area contributed by atoms with Gasteiger partial charge in [0.05, 0.1) is 13.1 Å². The van der Waals surface area contributed by atoms with Crippen molar-refractivity contribution >= 4 is 5.97 Å². The molecule has 0 aromatic heterocycles. The molecule has 1 aliphatic heterocycles. The predicted molar refractivity (Wildman–Crippen MR) is 99.7 cm³/mol. The summed E-state index contributed by atoms with van der Waals surface area (Å²) in [4.78, 5) is 11.4. The molecule has 142 valence electrons. The van der Waals surface area contributed by atoms with Gasteiger partial charge in [0.15, 0.2) is 6.04 Å². The van der Waals surface area contributed by atoms with Crippen LogP contribution in [0.15, 0.2) is 0 Å². The molecule has 1 atom stereocenters. The van der Waals surface area contributed by atoms with Gasteiger partial charge in [0.1, 0.15) is 0 Å². The summed E-state index contributed by atoms with van der Waals surface area (Å²) in [6, 6.07) is -0.726. The summed E-state index contributed by atoms with van der Waals surface area (Å²) in [6.07, 6.45) is 17.6. The van der Waals surface area contributed by atoms with Crippen molar-refractivity contribution in [3.05, 3.63) is 5.21 Å². The van der Waals surface area contributed by atoms with Crippen LogP contribution in [0, 0.1) is 5.21 Å². The lowest BCUT2D eigenvalue weighted by Crippen LogP contribution is -2.52. The Bertz CT molecular complexity index is 327. The van der Waals surface area contributed by atoms with Gasteiger partial charge in [0.2, 0.25) is 0 Å². The third-order valence-electron chi connectivity index (χ3n) is 5.51. The highest BCUT2D eigenvalue weighted by molar-refractivity contribution is 5.72. The van der Waals surface area contributed by atoms with Gasteiger partial charge in [-0.05, 0) is 6.42 Å². The lowest BCUT2D eigenvalue weighted by atomic mass is 10.0. The Kier molecular flexibility index (Phi) is 11.4. The van der Waals surface area contributed by atoms with Crippen molar-refractivity contribution in [2.75, 3.05) is 13.1 Å². The minimum atomic E-state index is -0.894. The molecule has 1 N–H and O–H groups in total. The Labute approximate surface area is 148 Å². The van der Waals surface area contributed by atoms with Crippen LogP contribution in [-0.4, -0.2) is 34.9 Å². The second-order valence-electron chi connectivity index (χ2n) is 7.64. The summed E-state index contributed by atoms with van der Waals surface area (Å²) < 4.78 is -0.479. The first-order chi connectivity index (χ1) is 11.6. The predicted octanol–water partition coefficient (Wildman–Crippen LogP) is 5.64. The summed E-state index contributed by atoms with van der Waals surface area (Å²) in [6.45, 7) is 3.24. The highest BCUT2D eigenvalue weighted by atomic mass is 16.6. The standard InChI is InChI=1S/C20H39NO3/c1-2-3-4-5-6-7-8-9-10-11-12-13-16-19(20(22)23)21(24)17-14-15-18-21/h19H,2-18H2,1H3,(H,22,23). The van der Waals surface area contributed by atoms with Crippen LogP contribution in [0.2, 0.25) is 0 Å². The number of carboxylic acids is 1. The highest BCUT2D eigenvalue weighted by Crippen LogP contribution is 2.26. The van der Waals surface area contributed by atoms with E-state index < -0.39 is 16.7 Å². The molecule has 0 aromatic rings. The second kappa shape index (κ2) is 12.7. The molecule has 4 heteroatoms. The number of hydroxylamine groups is 3. The smallest absolute Gasteiger partial charge is 0.362 e. The highest BCUT2D eigenvalue weighted by Gasteiger charge is 2.37. The average molecular weight is 342 g/mol. The van der Waals surface area contributed by atoms with E-state index in [1.807, 2.05) is 0 Å². The number of aliphatic carboxylic acids is 1. The lowest BCUT2D eigenvalue weighted by molar-refractivity contribution is -0.885. The molecular formula is C20H39NO3. The molecule has 1 heterocycles. The summed E-state index contributed by atoms with van der Waals surface area (Å²) >= 11 is 0. The molecule has 0 amide bonds. The molecule has 1 saturated heterocycles. The fourth-order valence-corrected chi connectivity index (χ4v) is 3.92. The van der Waals surface area contributed by atoms with Crippen molar-refractivity contribution in [1.82, 2.24) is 0 Å². The van der Waals surface area contributed by atoms with Crippen molar-refractivity contribution in [2.45, 2.75) is 109 Å². The van der Waals surface area contributed by atoms with Gasteiger partial charge in [0.25, 0.3) is 0 Å². The lowest BCUT2D eigenvalue weighted by Gasteiger charge is -2.43. The zero-order valence-electron chi connectivity index (χ0n) is 15.8. The van der Waals surface area contributed by atoms with Crippen LogP contribution in [0.4, 0.5) is 0 Å². The van der Waals surface area contributed by atoms with Crippen LogP contribution in [-0.2, 0) is 4.79 Å². The van der Waals surface area contributed by atoms with Crippen molar-refractivity contribution < 1.29 is 14.5 Å². The number of rotatable bonds is 15. The first kappa shape index (κ1) is 21.4. The van der Waals surface area contributed by atoms with E-state index in [1.54, 1.807) is 0 Å². The van der Waals surface area contributed by atoms with E-state index in [4.69, 9.17) is 0 Å². The second-order valence-corrected chi connectivity index (χ2v) is 7.64. The molecule has 0 aromatic carbocycles. The maximum atomic E-state index is 12.5. The number of carboxylic acid groups (broad SMARTS) is 1. The fraction of sp³-hybridized carbons (Fsp3) is 0.950. The monoisotopic (exact) mass is 341 g/mol. The van der Waals surface area contributed by atoms with Crippen molar-refractivity contribution in [2.24, 2.45) is 0 Å². The normalized spacial score (nSPS) is 17.9. The molecule has 1 rings (SSSR count). The third kappa shape index (κ3) is 8.48. The molecular weight excluding hydrogens is 302 g/mol. The summed E-state index contributed by atoms with van der Waals surface area (Å²) in [5.74, 6) is -0.894. The van der Waals surface area contributed by atoms with Crippen LogP contribution in [0.3, 0.4) is 0 Å². The van der Waals surface area contributed by atoms with E-state index in [0.717, 1.165) is 25.7 Å². The molecule has 0 spiro atoms. The maximum absolute atomic E-state index is 12.5. The van der Waals surface area contributed by atoms with Gasteiger partial charge in [-0.1, -0.05) is 77.6 Å². The minimum absolute atomic E-state index is 0.479. The van der Waals surface area contributed by atoms with E-state index in [9.17, 15) is 15.1 Å². The fourth-order valence-electron chi connectivity index (χ4n) is 3.92. The number of hydrogen-bond acceptors (Lipinski definition) is 2. The Morgan fingerprint density at radius 2 is 1.29 bits per heavy atom. The molecule has 1 aliphatic rings. The van der Waals surface area contributed by atoms with E-state index in [0.29, 0.717) is 19.5 Å². The molecule has 0 saturated carbocycles. The van der Waals surface area contributed by atoms with E-state index >= 15 is 0 Å². The van der Waals surface area contributed by atoms with Gasteiger partial charge in [-0.3, -0.25) is 0 Å². The number of quaternary nitrogens is 1. The topological polar surface area (TPSA) is 60.4 Å². The summed E-state index contributed by atoms with van der Waals surface area (Å²) in [7, 11) is 0. The average Bonchev–Trinajstić information content (AvgIpc) is 2.99. The maximum Gasteiger partial charge on any atom is 0.362 e. The summed E-state index contributed by atoms with van der Waals surface area (Å²) in [5.41, 5.74) is 0. The van der Waals surface area contributed by atoms with Gasteiger partial charge in [-0.2, -0.15) is 0 Å². The number of carbonyl (C=O) groups is 1. The molecule has 4 nitrogen and oxygen atoms in total. The van der Waals surface area contributed by atoms with E-state index in [-0.39, 0.29) is 0 Å². The van der Waals surface area contributed by atoms with Crippen LogP contribution in [0.25, 0.3) is 0 Å². The van der Waals surface area contributed by atoms with Crippen LogP contribution < -0.4 is 0 Å². The van der Waals surface area contributed by atoms with Crippen molar-refractivity contribution in [3.8, 4) is 0 Å². The van der Waals surface area contributed by atoms with Gasteiger partial charge < -0.3 is 15.0 Å². The molecule has 0 aliphatic carbocycles. The van der Waals surface area contributed by atoms with E-state index in [2.05, 4.69) is 6.92 Å². The number of likely N-dealkylation sites (tertiary alicyclic amines) is 1. The molecule has 0 radical (unpaired) electrons. The van der Waals surface area contributed by atoms with Gasteiger partial charge in [-0.15, -0.1) is 0 Å². The van der Waals surface area contributed by atoms with Gasteiger partial charge in [0, 0.05) is 19.3 Å². The Balaban J connectivity index is 1.98. The van der Waals surface area contributed by atoms with Gasteiger partial charge >= 0.3 is 5.97 Å². The Morgan fingerprint density at radius 3 is 1.71 bits per heavy atom. The molecule has 1 fully saturated rings. The first-order valence-corrected chi connectivity index (χ1v) is 10.4. The number of nitrogens with zero attached hydrogens (tertiary/aromatic N) is 1. The molecule has 24 heavy (non-hydrogen) atoms. The largest absolute Gasteiger partial charge is 0.632 e. The van der Waals surface area contributed by atoms with E-state index in [1.165, 1.54) is 64.2 Å². The Morgan fingerprint density at radius 1 is 0.875 bits per heavy atom. The van der Waals surface area contributed by atoms with Crippen LogP contribution >= 0.6 is 0 Å². The minimum Gasteiger partial charge on any atom is -0.632 e. The summed E-state index contributed by atoms with van der Waals surface area (Å²) in [5, 5.41) is 21.9. The zero-order valence-corrected chi connectivity index (χ0v) is 15.8. The molecule has 1 unspecified atom stereocenters. The first-order valence-electron chi connectivity index (χ1n) is 10.4.